The van der Waals surface area contributed by atoms with Gasteiger partial charge in [0, 0.05) is 23.3 Å². The Labute approximate surface area is 173 Å². The third kappa shape index (κ3) is 6.08. The van der Waals surface area contributed by atoms with E-state index in [1.54, 1.807) is 48.5 Å². The molecule has 0 aliphatic rings. The molecule has 0 saturated heterocycles. The molecule has 0 fully saturated rings. The van der Waals surface area contributed by atoms with Crippen molar-refractivity contribution in [1.29, 1.82) is 0 Å². The maximum Gasteiger partial charge on any atom is 0.417 e. The number of rotatable bonds is 5. The normalized spacial score (nSPS) is 10.7. The van der Waals surface area contributed by atoms with E-state index in [0.717, 1.165) is 6.26 Å². The highest BCUT2D eigenvalue weighted by atomic mass is 32.2. The van der Waals surface area contributed by atoms with E-state index in [-0.39, 0.29) is 4.90 Å². The predicted molar refractivity (Wildman–Crippen MR) is 115 cm³/mol. The second-order valence-electron chi connectivity index (χ2n) is 6.28. The number of hydrogen-bond donors (Lipinski definition) is 3. The third-order valence-electron chi connectivity index (χ3n) is 3.86. The number of hydrogen-bond acceptors (Lipinski definition) is 5. The lowest BCUT2D eigenvalue weighted by Gasteiger charge is -2.10. The molecule has 9 heteroatoms. The van der Waals surface area contributed by atoms with Crippen molar-refractivity contribution in [2.24, 2.45) is 0 Å². The third-order valence-corrected chi connectivity index (χ3v) is 4.99. The largest absolute Gasteiger partial charge is 0.417 e. The summed E-state index contributed by atoms with van der Waals surface area (Å²) in [6.07, 6.45) is 0.451. The molecule has 0 bridgehead atoms. The molecule has 30 heavy (non-hydrogen) atoms. The van der Waals surface area contributed by atoms with Crippen molar-refractivity contribution in [3.63, 3.8) is 0 Å². The lowest BCUT2D eigenvalue weighted by molar-refractivity contribution is 0.215. The summed E-state index contributed by atoms with van der Waals surface area (Å²) in [5.74, 6) is 0.408. The Hall–Kier alpha value is -3.85. The van der Waals surface area contributed by atoms with Crippen molar-refractivity contribution >= 4 is 39.0 Å². The zero-order valence-corrected chi connectivity index (χ0v) is 16.8. The van der Waals surface area contributed by atoms with Crippen LogP contribution >= 0.6 is 0 Å². The molecule has 3 N–H and O–H groups in total. The molecule has 3 aromatic rings. The molecule has 3 amide bonds. The van der Waals surface area contributed by atoms with Gasteiger partial charge in [0.2, 0.25) is 0 Å². The molecule has 3 rings (SSSR count). The topological polar surface area (TPSA) is 114 Å². The van der Waals surface area contributed by atoms with Crippen LogP contribution in [0.3, 0.4) is 0 Å². The van der Waals surface area contributed by atoms with Crippen LogP contribution in [0, 0.1) is 0 Å². The minimum atomic E-state index is -3.30. The van der Waals surface area contributed by atoms with E-state index in [0.29, 0.717) is 22.8 Å². The van der Waals surface area contributed by atoms with E-state index in [1.807, 2.05) is 6.07 Å². The molecular formula is C21H19N3O5S. The highest BCUT2D eigenvalue weighted by molar-refractivity contribution is 7.90. The summed E-state index contributed by atoms with van der Waals surface area (Å²) in [4.78, 5) is 24.3. The van der Waals surface area contributed by atoms with E-state index < -0.39 is 22.0 Å². The van der Waals surface area contributed by atoms with Gasteiger partial charge in [0.25, 0.3) is 0 Å². The Morgan fingerprint density at radius 1 is 0.733 bits per heavy atom. The van der Waals surface area contributed by atoms with Gasteiger partial charge in [-0.05, 0) is 54.6 Å². The fraction of sp³-hybridized carbons (Fsp3) is 0.0476. The van der Waals surface area contributed by atoms with Gasteiger partial charge in [0.05, 0.1) is 4.90 Å². The van der Waals surface area contributed by atoms with Crippen molar-refractivity contribution in [3.8, 4) is 5.75 Å². The van der Waals surface area contributed by atoms with Gasteiger partial charge in [-0.15, -0.1) is 0 Å². The van der Waals surface area contributed by atoms with E-state index >= 15 is 0 Å². The fourth-order valence-electron chi connectivity index (χ4n) is 2.49. The summed E-state index contributed by atoms with van der Waals surface area (Å²) in [5.41, 5.74) is 1.31. The summed E-state index contributed by atoms with van der Waals surface area (Å²) >= 11 is 0. The lowest BCUT2D eigenvalue weighted by Crippen LogP contribution is -2.20. The summed E-state index contributed by atoms with van der Waals surface area (Å²) in [6, 6.07) is 20.4. The Morgan fingerprint density at radius 2 is 1.33 bits per heavy atom. The first-order chi connectivity index (χ1) is 14.3. The van der Waals surface area contributed by atoms with Crippen LogP contribution in [-0.2, 0) is 9.84 Å². The van der Waals surface area contributed by atoms with Crippen LogP contribution in [0.4, 0.5) is 26.7 Å². The maximum absolute atomic E-state index is 12.2. The van der Waals surface area contributed by atoms with Crippen molar-refractivity contribution in [1.82, 2.24) is 0 Å². The Morgan fingerprint density at radius 3 is 1.97 bits per heavy atom. The zero-order valence-electron chi connectivity index (χ0n) is 16.0. The van der Waals surface area contributed by atoms with Gasteiger partial charge >= 0.3 is 12.1 Å². The fourth-order valence-corrected chi connectivity index (χ4v) is 3.12. The Kier molecular flexibility index (Phi) is 6.33. The van der Waals surface area contributed by atoms with Gasteiger partial charge in [-0.1, -0.05) is 24.3 Å². The molecule has 0 atom stereocenters. The van der Waals surface area contributed by atoms with Gasteiger partial charge < -0.3 is 15.4 Å². The molecule has 154 valence electrons. The summed E-state index contributed by atoms with van der Waals surface area (Å²) in [7, 11) is -3.30. The highest BCUT2D eigenvalue weighted by Crippen LogP contribution is 2.18. The minimum Gasteiger partial charge on any atom is -0.410 e. The van der Waals surface area contributed by atoms with Crippen molar-refractivity contribution in [2.75, 3.05) is 22.2 Å². The zero-order chi connectivity index (χ0) is 21.6. The molecule has 0 spiro atoms. The average molecular weight is 425 g/mol. The standard InChI is InChI=1S/C21H19N3O5S/c1-30(27,28)19-12-10-15(11-13-19)22-20(25)23-16-6-5-7-17(14-16)24-21(26)29-18-8-3-2-4-9-18/h2-14H,1H3,(H,24,26)(H2,22,23,25). The molecular weight excluding hydrogens is 406 g/mol. The van der Waals surface area contributed by atoms with Crippen molar-refractivity contribution in [2.45, 2.75) is 4.90 Å². The van der Waals surface area contributed by atoms with E-state index in [2.05, 4.69) is 16.0 Å². The van der Waals surface area contributed by atoms with Crippen LogP contribution in [0.2, 0.25) is 0 Å². The molecule has 0 unspecified atom stereocenters. The Bertz CT molecular complexity index is 1150. The molecule has 8 nitrogen and oxygen atoms in total. The number of para-hydroxylation sites is 1. The predicted octanol–water partition coefficient (Wildman–Crippen LogP) is 4.35. The first kappa shape index (κ1) is 20.9. The van der Waals surface area contributed by atoms with Crippen molar-refractivity contribution in [3.05, 3.63) is 78.9 Å². The lowest BCUT2D eigenvalue weighted by atomic mass is 10.3. The molecule has 0 radical (unpaired) electrons. The molecule has 0 aliphatic carbocycles. The monoisotopic (exact) mass is 425 g/mol. The molecule has 0 aromatic heterocycles. The number of carbonyl (C=O) groups is 2. The van der Waals surface area contributed by atoms with Crippen LogP contribution < -0.4 is 20.7 Å². The van der Waals surface area contributed by atoms with Gasteiger partial charge in [-0.3, -0.25) is 5.32 Å². The van der Waals surface area contributed by atoms with Crippen LogP contribution in [-0.4, -0.2) is 26.8 Å². The first-order valence-corrected chi connectivity index (χ1v) is 10.7. The molecule has 0 aliphatic heterocycles. The van der Waals surface area contributed by atoms with Crippen LogP contribution in [0.5, 0.6) is 5.75 Å². The van der Waals surface area contributed by atoms with Gasteiger partial charge in [0.1, 0.15) is 5.75 Å². The summed E-state index contributed by atoms with van der Waals surface area (Å²) in [6.45, 7) is 0. The van der Waals surface area contributed by atoms with E-state index in [1.165, 1.54) is 24.3 Å². The molecule has 0 heterocycles. The second kappa shape index (κ2) is 9.10. The smallest absolute Gasteiger partial charge is 0.410 e. The number of amides is 3. The minimum absolute atomic E-state index is 0.162. The highest BCUT2D eigenvalue weighted by Gasteiger charge is 2.09. The van der Waals surface area contributed by atoms with Crippen molar-refractivity contribution < 1.29 is 22.7 Å². The Balaban J connectivity index is 1.58. The average Bonchev–Trinajstić information content (AvgIpc) is 2.68. The summed E-state index contributed by atoms with van der Waals surface area (Å²) in [5, 5.41) is 7.83. The maximum atomic E-state index is 12.2. The van der Waals surface area contributed by atoms with Gasteiger partial charge in [0.15, 0.2) is 9.84 Å². The quantitative estimate of drug-likeness (QED) is 0.563. The second-order valence-corrected chi connectivity index (χ2v) is 8.30. The van der Waals surface area contributed by atoms with Gasteiger partial charge in [-0.2, -0.15) is 0 Å². The number of anilines is 3. The van der Waals surface area contributed by atoms with Crippen LogP contribution in [0.15, 0.2) is 83.8 Å². The van der Waals surface area contributed by atoms with Crippen LogP contribution in [0.25, 0.3) is 0 Å². The van der Waals surface area contributed by atoms with Crippen LogP contribution in [0.1, 0.15) is 0 Å². The first-order valence-electron chi connectivity index (χ1n) is 8.82. The molecule has 3 aromatic carbocycles. The SMILES string of the molecule is CS(=O)(=O)c1ccc(NC(=O)Nc2cccc(NC(=O)Oc3ccccc3)c2)cc1. The number of benzene rings is 3. The molecule has 0 saturated carbocycles. The number of ether oxygens (including phenoxy) is 1. The van der Waals surface area contributed by atoms with Gasteiger partial charge in [-0.25, -0.2) is 18.0 Å². The number of nitrogens with one attached hydrogen (secondary N) is 3. The number of sulfone groups is 1. The summed E-state index contributed by atoms with van der Waals surface area (Å²) < 4.78 is 28.1. The number of urea groups is 1. The van der Waals surface area contributed by atoms with E-state index in [9.17, 15) is 18.0 Å². The van der Waals surface area contributed by atoms with E-state index in [4.69, 9.17) is 4.74 Å². The number of carbonyl (C=O) groups excluding carboxylic acids is 2.